The first-order valence-corrected chi connectivity index (χ1v) is 17.4. The van der Waals surface area contributed by atoms with Gasteiger partial charge in [-0.1, -0.05) is 49.7 Å². The molecule has 2 aromatic carbocycles. The van der Waals surface area contributed by atoms with Gasteiger partial charge in [0, 0.05) is 36.6 Å². The van der Waals surface area contributed by atoms with Crippen molar-refractivity contribution in [1.29, 1.82) is 0 Å². The van der Waals surface area contributed by atoms with Gasteiger partial charge in [-0.3, -0.25) is 13.9 Å². The number of nitrogens with one attached hydrogen (secondary N) is 1. The second-order valence-corrected chi connectivity index (χ2v) is 15.2. The number of likely N-dealkylation sites (tertiary alicyclic amines) is 1. The van der Waals surface area contributed by atoms with E-state index in [4.69, 9.17) is 27.1 Å². The van der Waals surface area contributed by atoms with Crippen molar-refractivity contribution in [3.63, 3.8) is 0 Å². The number of nitrogens with zero attached hydrogens (tertiary/aromatic N) is 5. The average Bonchev–Trinajstić information content (AvgIpc) is 3.65. The summed E-state index contributed by atoms with van der Waals surface area (Å²) in [7, 11) is -2.33. The fraction of sp³-hybridized carbons (Fsp3) is 0.394. The maximum absolute atomic E-state index is 15.5. The standard InChI is InChI=1S/C33H39ClFN7O5S/c1-19(2)30-38-27(20-11-12-25(24(35)15-20)39-48(45,46)18-21-9-7-8-10-23(21)34)28-29(36)37-16-26(42(28)30)31(43)40(6)22-13-14-41(17-22)32(44)47-33(3,4)5/h7-12,15-16,19,22,39H,13-14,17-18H2,1-6H3,(H2,36,37). The minimum absolute atomic E-state index is 0.0745. The molecule has 4 aromatic rings. The number of anilines is 2. The van der Waals surface area contributed by atoms with Crippen LogP contribution in [0.25, 0.3) is 16.8 Å². The summed E-state index contributed by atoms with van der Waals surface area (Å²) in [5.41, 5.74) is 6.94. The molecule has 5 rings (SSSR count). The lowest BCUT2D eigenvalue weighted by atomic mass is 10.1. The van der Waals surface area contributed by atoms with E-state index in [0.717, 1.165) is 6.07 Å². The van der Waals surface area contributed by atoms with Crippen LogP contribution in [0.4, 0.5) is 20.7 Å². The molecule has 0 bridgehead atoms. The highest BCUT2D eigenvalue weighted by Crippen LogP contribution is 2.34. The molecule has 3 N–H and O–H groups in total. The maximum Gasteiger partial charge on any atom is 0.410 e. The van der Waals surface area contributed by atoms with Crippen molar-refractivity contribution >= 4 is 50.6 Å². The van der Waals surface area contributed by atoms with E-state index in [9.17, 15) is 18.0 Å². The molecule has 0 saturated carbocycles. The highest BCUT2D eigenvalue weighted by Gasteiger charge is 2.35. The Kier molecular flexibility index (Phi) is 9.62. The fourth-order valence-corrected chi connectivity index (χ4v) is 7.09. The molecule has 0 spiro atoms. The van der Waals surface area contributed by atoms with E-state index in [1.807, 2.05) is 13.8 Å². The third-order valence-corrected chi connectivity index (χ3v) is 9.53. The van der Waals surface area contributed by atoms with Gasteiger partial charge in [0.15, 0.2) is 0 Å². The lowest BCUT2D eigenvalue weighted by Crippen LogP contribution is -2.42. The van der Waals surface area contributed by atoms with Crippen LogP contribution in [0.15, 0.2) is 48.7 Å². The summed E-state index contributed by atoms with van der Waals surface area (Å²) in [6, 6.07) is 10.2. The Morgan fingerprint density at radius 3 is 2.56 bits per heavy atom. The number of ether oxygens (including phenoxy) is 1. The number of aromatic nitrogens is 3. The molecule has 48 heavy (non-hydrogen) atoms. The number of hydrogen-bond acceptors (Lipinski definition) is 8. The monoisotopic (exact) mass is 699 g/mol. The van der Waals surface area contributed by atoms with E-state index in [1.54, 1.807) is 66.3 Å². The summed E-state index contributed by atoms with van der Waals surface area (Å²) >= 11 is 6.12. The number of amides is 2. The van der Waals surface area contributed by atoms with Crippen LogP contribution in [-0.2, 0) is 20.5 Å². The zero-order valence-electron chi connectivity index (χ0n) is 27.6. The average molecular weight is 700 g/mol. The quantitative estimate of drug-likeness (QED) is 0.230. The van der Waals surface area contributed by atoms with Gasteiger partial charge in [-0.25, -0.2) is 27.6 Å². The highest BCUT2D eigenvalue weighted by atomic mass is 35.5. The minimum atomic E-state index is -4.00. The van der Waals surface area contributed by atoms with Crippen molar-refractivity contribution in [3.8, 4) is 11.3 Å². The van der Waals surface area contributed by atoms with Crippen molar-refractivity contribution in [1.82, 2.24) is 24.2 Å². The summed E-state index contributed by atoms with van der Waals surface area (Å²) in [4.78, 5) is 38.9. The van der Waals surface area contributed by atoms with Gasteiger partial charge in [0.1, 0.15) is 40.0 Å². The van der Waals surface area contributed by atoms with Crippen LogP contribution in [0.1, 0.15) is 68.8 Å². The van der Waals surface area contributed by atoms with Gasteiger partial charge in [-0.15, -0.1) is 0 Å². The van der Waals surface area contributed by atoms with Gasteiger partial charge in [0.2, 0.25) is 10.0 Å². The van der Waals surface area contributed by atoms with Gasteiger partial charge in [-0.05, 0) is 51.0 Å². The largest absolute Gasteiger partial charge is 0.444 e. The smallest absolute Gasteiger partial charge is 0.410 e. The summed E-state index contributed by atoms with van der Waals surface area (Å²) in [6.45, 7) is 9.95. The summed E-state index contributed by atoms with van der Waals surface area (Å²) in [6.07, 6.45) is 1.51. The van der Waals surface area contributed by atoms with E-state index in [1.165, 1.54) is 18.3 Å². The number of hydrogen-bond donors (Lipinski definition) is 2. The fourth-order valence-electron chi connectivity index (χ4n) is 5.57. The van der Waals surface area contributed by atoms with E-state index >= 15 is 4.39 Å². The van der Waals surface area contributed by atoms with Crippen molar-refractivity contribution in [2.45, 2.75) is 64.4 Å². The molecule has 1 unspecified atom stereocenters. The van der Waals surface area contributed by atoms with Crippen LogP contribution in [0.2, 0.25) is 5.02 Å². The maximum atomic E-state index is 15.5. The number of fused-ring (bicyclic) bond motifs is 1. The van der Waals surface area contributed by atoms with Crippen molar-refractivity contribution in [3.05, 3.63) is 76.6 Å². The zero-order chi connectivity index (χ0) is 35.1. The highest BCUT2D eigenvalue weighted by molar-refractivity contribution is 7.91. The number of nitrogen functional groups attached to an aromatic ring is 1. The number of nitrogens with two attached hydrogens (primary N) is 1. The first-order valence-electron chi connectivity index (χ1n) is 15.4. The van der Waals surface area contributed by atoms with Gasteiger partial charge in [0.25, 0.3) is 5.91 Å². The summed E-state index contributed by atoms with van der Waals surface area (Å²) in [5, 5.41) is 0.285. The molecule has 1 fully saturated rings. The Morgan fingerprint density at radius 2 is 1.92 bits per heavy atom. The van der Waals surface area contributed by atoms with E-state index < -0.39 is 33.3 Å². The van der Waals surface area contributed by atoms with Crippen molar-refractivity contribution in [2.75, 3.05) is 30.6 Å². The molecule has 256 valence electrons. The molecular weight excluding hydrogens is 661 g/mol. The van der Waals surface area contributed by atoms with Gasteiger partial charge in [0.05, 0.1) is 23.7 Å². The molecule has 0 aliphatic carbocycles. The van der Waals surface area contributed by atoms with Crippen molar-refractivity contribution < 1.29 is 27.1 Å². The number of imidazole rings is 1. The molecule has 2 amide bonds. The molecule has 1 aliphatic heterocycles. The number of likely N-dealkylation sites (N-methyl/N-ethyl adjacent to an activating group) is 1. The van der Waals surface area contributed by atoms with Crippen LogP contribution in [-0.4, -0.2) is 76.4 Å². The molecule has 0 radical (unpaired) electrons. The van der Waals surface area contributed by atoms with Crippen LogP contribution in [0.3, 0.4) is 0 Å². The third kappa shape index (κ3) is 7.34. The SMILES string of the molecule is CC(C)c1nc(-c2ccc(NS(=O)(=O)Cc3ccccc3Cl)c(F)c2)c2c(N)ncc(C(=O)N(C)C3CCN(C(=O)OC(C)(C)C)C3)n12. The molecular formula is C33H39ClFN7O5S. The van der Waals surface area contributed by atoms with Crippen LogP contribution >= 0.6 is 11.6 Å². The van der Waals surface area contributed by atoms with Gasteiger partial charge in [-0.2, -0.15) is 0 Å². The van der Waals surface area contributed by atoms with Gasteiger partial charge >= 0.3 is 6.09 Å². The first-order chi connectivity index (χ1) is 22.5. The predicted octanol–water partition coefficient (Wildman–Crippen LogP) is 5.92. The zero-order valence-corrected chi connectivity index (χ0v) is 29.2. The Morgan fingerprint density at radius 1 is 1.21 bits per heavy atom. The van der Waals surface area contributed by atoms with E-state index in [-0.39, 0.29) is 45.8 Å². The Hall–Kier alpha value is -4.43. The normalized spacial score (nSPS) is 15.3. The van der Waals surface area contributed by atoms with Crippen LogP contribution in [0, 0.1) is 5.82 Å². The van der Waals surface area contributed by atoms with Crippen LogP contribution in [0.5, 0.6) is 0 Å². The Bertz CT molecular complexity index is 1990. The molecule has 12 nitrogen and oxygen atoms in total. The Labute approximate surface area is 284 Å². The topological polar surface area (TPSA) is 152 Å². The molecule has 15 heteroatoms. The summed E-state index contributed by atoms with van der Waals surface area (Å²) < 4.78 is 50.6. The Balaban J connectivity index is 1.45. The molecule has 3 heterocycles. The van der Waals surface area contributed by atoms with E-state index in [2.05, 4.69) is 9.71 Å². The van der Waals surface area contributed by atoms with Gasteiger partial charge < -0.3 is 20.3 Å². The lowest BCUT2D eigenvalue weighted by Gasteiger charge is -2.27. The lowest BCUT2D eigenvalue weighted by molar-refractivity contribution is 0.0279. The minimum Gasteiger partial charge on any atom is -0.444 e. The predicted molar refractivity (Wildman–Crippen MR) is 183 cm³/mol. The first kappa shape index (κ1) is 34.9. The summed E-state index contributed by atoms with van der Waals surface area (Å²) in [5.74, 6) is -1.24. The molecule has 1 aliphatic rings. The second kappa shape index (κ2) is 13.2. The van der Waals surface area contributed by atoms with Crippen LogP contribution < -0.4 is 10.5 Å². The second-order valence-electron chi connectivity index (χ2n) is 13.1. The molecule has 1 atom stereocenters. The van der Waals surface area contributed by atoms with E-state index in [0.29, 0.717) is 42.0 Å². The number of carbonyl (C=O) groups excluding carboxylic acids is 2. The number of benzene rings is 2. The van der Waals surface area contributed by atoms with Crippen molar-refractivity contribution in [2.24, 2.45) is 0 Å². The number of carbonyl (C=O) groups is 2. The number of halogens is 2. The molecule has 1 saturated heterocycles. The molecule has 2 aromatic heterocycles. The number of rotatable bonds is 8. The third-order valence-electron chi connectivity index (χ3n) is 7.94. The number of sulfonamides is 1.